The van der Waals surface area contributed by atoms with Gasteiger partial charge >= 0.3 is 0 Å². The molecule has 6 saturated heterocycles. The molecule has 6 heterocycles. The van der Waals surface area contributed by atoms with Crippen LogP contribution in [0.15, 0.2) is 12.2 Å². The zero-order chi connectivity index (χ0) is 83.4. The number of hydrogen-bond acceptors (Lipinski definition) is 33. The summed E-state index contributed by atoms with van der Waals surface area (Å²) in [6.45, 7) is 0.0932. The molecule has 0 aromatic carbocycles. The molecule has 21 N–H and O–H groups in total. The zero-order valence-corrected chi connectivity index (χ0v) is 67.0. The van der Waals surface area contributed by atoms with Gasteiger partial charge in [0.1, 0.15) is 146 Å². The number of amides is 3. The molecular formula is C78H141N3O33. The van der Waals surface area contributed by atoms with E-state index in [0.29, 0.717) is 12.8 Å². The monoisotopic (exact) mass is 1650 g/mol. The summed E-state index contributed by atoms with van der Waals surface area (Å²) in [5.41, 5.74) is 0. The van der Waals surface area contributed by atoms with E-state index in [0.717, 1.165) is 65.2 Å². The minimum Gasteiger partial charge on any atom is -0.394 e. The van der Waals surface area contributed by atoms with Crippen LogP contribution in [0.25, 0.3) is 0 Å². The second-order valence-electron chi connectivity index (χ2n) is 31.4. The van der Waals surface area contributed by atoms with Crippen molar-refractivity contribution < 1.29 is 163 Å². The molecule has 36 heteroatoms. The molecule has 666 valence electrons. The molecule has 6 aliphatic rings. The molecule has 32 atom stereocenters. The van der Waals surface area contributed by atoms with Crippen LogP contribution < -0.4 is 16.0 Å². The van der Waals surface area contributed by atoms with Crippen molar-refractivity contribution in [1.82, 2.24) is 16.0 Å². The van der Waals surface area contributed by atoms with Crippen LogP contribution in [0.5, 0.6) is 0 Å². The van der Waals surface area contributed by atoms with Gasteiger partial charge in [0.05, 0.1) is 58.4 Å². The lowest BCUT2D eigenvalue weighted by Crippen LogP contribution is -2.70. The molecule has 36 nitrogen and oxygen atoms in total. The highest BCUT2D eigenvalue weighted by Crippen LogP contribution is 2.38. The SMILES string of the molecule is CCCCCCCCCCCCC/C=C/[C@@H](O)[C@H](CO[C@@H]1OC(CO)[C@@H](O[C@@H]2OC(CO)[C@H](O)[C@H](O[C@@H]3OC(CO)[C@@H](O[C@@H]4OC(CO)[C@H](O)[C@H](O[C@H]5OC(CO)[C@@H](O[C@@H]6OC(CO)[C@H](O)[C@H](O)C6O)[C@H](O)C5NC(C)=O)C4O)[C@H](O)C3NC(C)=O)C2O)[C@H](O)C1O)NC(=O)CCCCCCCCCCCCCCCCCCC. The summed E-state index contributed by atoms with van der Waals surface area (Å²) in [6, 6.07) is -4.66. The average molecular weight is 1650 g/mol. The molecule has 6 aliphatic heterocycles. The number of nitrogens with one attached hydrogen (secondary N) is 3. The normalized spacial score (nSPS) is 36.8. The quantitative estimate of drug-likeness (QED) is 0.0240. The predicted molar refractivity (Wildman–Crippen MR) is 403 cm³/mol. The van der Waals surface area contributed by atoms with Gasteiger partial charge in [0.2, 0.25) is 17.7 Å². The standard InChI is InChI=1S/C78H141N3O33/c1-5-7-9-11-13-15-17-19-20-21-22-24-26-28-30-32-34-36-54(91)81-46(47(90)35-33-31-29-27-25-23-18-16-14-12-10-8-6-2)43-103-75-65(100)63(98)70(53(42-87)109-75)112-78-67(102)72(59(94)50(39-84)106-78)114-74-56(80-45(4)89)61(96)69(52(41-86)108-74)111-77-66(101)71(58(93)49(38-83)105-77)113-73-55(79-44(3)88)60(95)68(51(40-85)107-73)110-76-64(99)62(97)57(92)48(37-82)104-76/h33,35,46-53,55-78,82-87,90,92-102H,5-32,34,36-43H2,1-4H3,(H,79,88)(H,80,89)(H,81,91)/b35-33+/t46-,47+,48?,49?,50?,51?,52?,53?,55?,56?,57-,58-,59-,60+,61+,62-,63+,64?,65?,66?,67?,68+,69+,70+,71-,72-,73+,74-,75+,76-,77-,78-/m0/s1. The molecule has 0 aromatic rings. The largest absolute Gasteiger partial charge is 0.394 e. The van der Waals surface area contributed by atoms with Crippen LogP contribution in [-0.2, 0) is 71.2 Å². The Morgan fingerprint density at radius 1 is 0.342 bits per heavy atom. The minimum atomic E-state index is -2.24. The van der Waals surface area contributed by atoms with Gasteiger partial charge in [-0.1, -0.05) is 193 Å². The fraction of sp³-hybridized carbons (Fsp3) is 0.936. The van der Waals surface area contributed by atoms with E-state index in [-0.39, 0.29) is 12.3 Å². The molecule has 0 aliphatic carbocycles. The van der Waals surface area contributed by atoms with Crippen LogP contribution in [0.4, 0.5) is 0 Å². The zero-order valence-electron chi connectivity index (χ0n) is 67.0. The van der Waals surface area contributed by atoms with Crippen molar-refractivity contribution in [3.05, 3.63) is 12.2 Å². The Bertz CT molecular complexity index is 2630. The van der Waals surface area contributed by atoms with Crippen LogP contribution in [0, 0.1) is 0 Å². The van der Waals surface area contributed by atoms with E-state index in [1.807, 2.05) is 6.08 Å². The summed E-state index contributed by atoms with van der Waals surface area (Å²) >= 11 is 0. The van der Waals surface area contributed by atoms with Gasteiger partial charge in [0.25, 0.3) is 0 Å². The van der Waals surface area contributed by atoms with Crippen LogP contribution in [-0.4, -0.2) is 352 Å². The van der Waals surface area contributed by atoms with E-state index in [9.17, 15) is 106 Å². The van der Waals surface area contributed by atoms with E-state index >= 15 is 0 Å². The molecule has 0 spiro atoms. The van der Waals surface area contributed by atoms with Gasteiger partial charge in [0.15, 0.2) is 37.7 Å². The number of carbonyl (C=O) groups excluding carboxylic acids is 3. The second kappa shape index (κ2) is 53.7. The van der Waals surface area contributed by atoms with Gasteiger partial charge in [-0.3, -0.25) is 14.4 Å². The van der Waals surface area contributed by atoms with Crippen LogP contribution in [0.1, 0.15) is 220 Å². The number of allylic oxidation sites excluding steroid dienone is 1. The fourth-order valence-electron chi connectivity index (χ4n) is 15.5. The van der Waals surface area contributed by atoms with E-state index < -0.39 is 254 Å². The number of ether oxygens (including phenoxy) is 12. The molecule has 0 radical (unpaired) electrons. The molecule has 3 amide bonds. The highest BCUT2D eigenvalue weighted by atomic mass is 16.8. The van der Waals surface area contributed by atoms with Crippen molar-refractivity contribution in [3.8, 4) is 0 Å². The van der Waals surface area contributed by atoms with E-state index in [1.54, 1.807) is 6.08 Å². The molecule has 6 fully saturated rings. The lowest BCUT2D eigenvalue weighted by atomic mass is 9.93. The smallest absolute Gasteiger partial charge is 0.220 e. The van der Waals surface area contributed by atoms with E-state index in [1.165, 1.54) is 122 Å². The fourth-order valence-corrected chi connectivity index (χ4v) is 15.5. The summed E-state index contributed by atoms with van der Waals surface area (Å²) < 4.78 is 70.8. The predicted octanol–water partition coefficient (Wildman–Crippen LogP) is -1.64. The highest BCUT2D eigenvalue weighted by molar-refractivity contribution is 5.76. The lowest BCUT2D eigenvalue weighted by molar-refractivity contribution is -0.387. The first-order valence-electron chi connectivity index (χ1n) is 42.0. The Hall–Kier alpha value is -3.05. The molecule has 12 unspecified atom stereocenters. The topological polar surface area (TPSA) is 562 Å². The van der Waals surface area contributed by atoms with E-state index in [2.05, 4.69) is 29.8 Å². The number of carbonyl (C=O) groups is 3. The van der Waals surface area contributed by atoms with Gasteiger partial charge in [-0.15, -0.1) is 0 Å². The van der Waals surface area contributed by atoms with Crippen LogP contribution >= 0.6 is 0 Å². The highest BCUT2D eigenvalue weighted by Gasteiger charge is 2.59. The number of aliphatic hydroxyl groups excluding tert-OH is 18. The Labute approximate surface area is 669 Å². The molecule has 6 rings (SSSR count). The van der Waals surface area contributed by atoms with Crippen molar-refractivity contribution in [2.75, 3.05) is 46.2 Å². The van der Waals surface area contributed by atoms with Crippen LogP contribution in [0.2, 0.25) is 0 Å². The third-order valence-corrected chi connectivity index (χ3v) is 22.2. The molecule has 0 bridgehead atoms. The molecule has 0 saturated carbocycles. The Kier molecular flexibility index (Phi) is 47.0. The maximum atomic E-state index is 13.6. The Balaban J connectivity index is 1.08. The summed E-state index contributed by atoms with van der Waals surface area (Å²) in [6.07, 6.45) is -17.7. The maximum Gasteiger partial charge on any atom is 0.220 e. The van der Waals surface area contributed by atoms with Gasteiger partial charge in [-0.25, -0.2) is 0 Å². The maximum absolute atomic E-state index is 13.6. The first kappa shape index (κ1) is 99.8. The van der Waals surface area contributed by atoms with E-state index in [4.69, 9.17) is 56.8 Å². The number of rotatable bonds is 54. The van der Waals surface area contributed by atoms with Crippen molar-refractivity contribution in [3.63, 3.8) is 0 Å². The minimum absolute atomic E-state index is 0.176. The van der Waals surface area contributed by atoms with Gasteiger partial charge in [-0.05, 0) is 19.3 Å². The van der Waals surface area contributed by atoms with Gasteiger partial charge < -0.3 is 165 Å². The first-order valence-corrected chi connectivity index (χ1v) is 42.0. The summed E-state index contributed by atoms with van der Waals surface area (Å²) in [5, 5.41) is 208. The summed E-state index contributed by atoms with van der Waals surface area (Å²) in [5.74, 6) is -2.04. The number of aliphatic hydroxyl groups is 18. The summed E-state index contributed by atoms with van der Waals surface area (Å²) in [4.78, 5) is 39.1. The van der Waals surface area contributed by atoms with Crippen molar-refractivity contribution in [2.24, 2.45) is 0 Å². The van der Waals surface area contributed by atoms with Crippen molar-refractivity contribution >= 4 is 17.7 Å². The third kappa shape index (κ3) is 30.5. The Morgan fingerprint density at radius 2 is 0.649 bits per heavy atom. The van der Waals surface area contributed by atoms with Crippen molar-refractivity contribution in [1.29, 1.82) is 0 Å². The average Bonchev–Trinajstić information content (AvgIpc) is 0.773. The molecule has 114 heavy (non-hydrogen) atoms. The number of hydrogen-bond donors (Lipinski definition) is 21. The lowest BCUT2D eigenvalue weighted by Gasteiger charge is -2.51. The number of unbranched alkanes of at least 4 members (excludes halogenated alkanes) is 27. The Morgan fingerprint density at radius 3 is 1.02 bits per heavy atom. The van der Waals surface area contributed by atoms with Gasteiger partial charge in [0, 0.05) is 20.3 Å². The molecular weight excluding hydrogens is 1510 g/mol. The van der Waals surface area contributed by atoms with Gasteiger partial charge in [-0.2, -0.15) is 0 Å². The van der Waals surface area contributed by atoms with Crippen molar-refractivity contribution in [2.45, 2.75) is 417 Å². The third-order valence-electron chi connectivity index (χ3n) is 22.2. The first-order chi connectivity index (χ1) is 54.8. The second-order valence-corrected chi connectivity index (χ2v) is 31.4. The molecule has 0 aromatic heterocycles. The summed E-state index contributed by atoms with van der Waals surface area (Å²) in [7, 11) is 0. The van der Waals surface area contributed by atoms with Crippen LogP contribution in [0.3, 0.4) is 0 Å².